The van der Waals surface area contributed by atoms with Gasteiger partial charge in [0.25, 0.3) is 0 Å². The van der Waals surface area contributed by atoms with Crippen molar-refractivity contribution in [3.63, 3.8) is 0 Å². The van der Waals surface area contributed by atoms with Crippen molar-refractivity contribution in [2.75, 3.05) is 13.7 Å². The zero-order valence-electron chi connectivity index (χ0n) is 15.0. The summed E-state index contributed by atoms with van der Waals surface area (Å²) in [6.07, 6.45) is 1.26. The Labute approximate surface area is 162 Å². The molecule has 1 aromatic carbocycles. The summed E-state index contributed by atoms with van der Waals surface area (Å²) < 4.78 is 17.8. The standard InChI is InChI=1S/C17H16N4O6S/c1-3-26-16(22)10-20-13-6-4-11(25-2)8-14(13)28-17(20)19-18-9-12-5-7-15(27-12)21(23)24/h4-9H,3,10H2,1-2H3/b18-9+,19-17-. The van der Waals surface area contributed by atoms with Crippen LogP contribution in [0.25, 0.3) is 10.2 Å². The average molecular weight is 404 g/mol. The minimum Gasteiger partial charge on any atom is -0.497 e. The van der Waals surface area contributed by atoms with E-state index in [-0.39, 0.29) is 24.8 Å². The molecule has 0 bridgehead atoms. The minimum absolute atomic E-state index is 0.0270. The number of esters is 1. The number of hydrogen-bond acceptors (Lipinski definition) is 9. The zero-order chi connectivity index (χ0) is 20.1. The Morgan fingerprint density at radius 3 is 2.89 bits per heavy atom. The van der Waals surface area contributed by atoms with Crippen LogP contribution in [0.5, 0.6) is 5.75 Å². The fourth-order valence-corrected chi connectivity index (χ4v) is 3.41. The molecule has 146 valence electrons. The molecule has 10 nitrogen and oxygen atoms in total. The Kier molecular flexibility index (Phi) is 5.84. The third-order valence-electron chi connectivity index (χ3n) is 3.60. The second-order valence-electron chi connectivity index (χ2n) is 5.39. The first-order valence-electron chi connectivity index (χ1n) is 8.16. The van der Waals surface area contributed by atoms with E-state index in [2.05, 4.69) is 10.2 Å². The Bertz CT molecular complexity index is 1110. The summed E-state index contributed by atoms with van der Waals surface area (Å²) in [5.74, 6) is 0.0862. The van der Waals surface area contributed by atoms with Gasteiger partial charge >= 0.3 is 11.9 Å². The maximum atomic E-state index is 12.0. The van der Waals surface area contributed by atoms with Crippen LogP contribution in [0.4, 0.5) is 5.88 Å². The molecular formula is C17H16N4O6S. The van der Waals surface area contributed by atoms with E-state index >= 15 is 0 Å². The number of nitrogens with zero attached hydrogens (tertiary/aromatic N) is 4. The second kappa shape index (κ2) is 8.48. The normalized spacial score (nSPS) is 12.0. The summed E-state index contributed by atoms with van der Waals surface area (Å²) in [5.41, 5.74) is 0.779. The molecule has 0 atom stereocenters. The van der Waals surface area contributed by atoms with Crippen LogP contribution in [0.3, 0.4) is 0 Å². The molecule has 11 heteroatoms. The van der Waals surface area contributed by atoms with Crippen LogP contribution < -0.4 is 9.54 Å². The third kappa shape index (κ3) is 4.26. The first-order valence-corrected chi connectivity index (χ1v) is 8.97. The van der Waals surface area contributed by atoms with Crippen LogP contribution in [0, 0.1) is 10.1 Å². The Balaban J connectivity index is 1.99. The van der Waals surface area contributed by atoms with Gasteiger partial charge in [-0.1, -0.05) is 11.3 Å². The Morgan fingerprint density at radius 2 is 2.21 bits per heavy atom. The van der Waals surface area contributed by atoms with Crippen molar-refractivity contribution < 1.29 is 23.6 Å². The number of thiazole rings is 1. The fourth-order valence-electron chi connectivity index (χ4n) is 2.39. The number of rotatable bonds is 7. The molecule has 0 saturated heterocycles. The number of carbonyl (C=O) groups is 1. The highest BCUT2D eigenvalue weighted by Crippen LogP contribution is 2.23. The number of nitro groups is 1. The lowest BCUT2D eigenvalue weighted by Gasteiger charge is -2.05. The van der Waals surface area contributed by atoms with Gasteiger partial charge in [0, 0.05) is 0 Å². The van der Waals surface area contributed by atoms with E-state index in [0.29, 0.717) is 10.6 Å². The monoisotopic (exact) mass is 404 g/mol. The molecule has 28 heavy (non-hydrogen) atoms. The lowest BCUT2D eigenvalue weighted by molar-refractivity contribution is -0.402. The van der Waals surface area contributed by atoms with E-state index in [4.69, 9.17) is 13.9 Å². The van der Waals surface area contributed by atoms with Crippen LogP contribution in [-0.4, -0.2) is 35.4 Å². The summed E-state index contributed by atoms with van der Waals surface area (Å²) in [4.78, 5) is 22.4. The van der Waals surface area contributed by atoms with Gasteiger partial charge in [-0.2, -0.15) is 5.10 Å². The van der Waals surface area contributed by atoms with Gasteiger partial charge in [-0.05, 0) is 31.2 Å². The first kappa shape index (κ1) is 19.3. The molecule has 2 aromatic heterocycles. The molecular weight excluding hydrogens is 388 g/mol. The molecule has 0 aliphatic carbocycles. The number of aromatic nitrogens is 1. The van der Waals surface area contributed by atoms with Crippen molar-refractivity contribution >= 4 is 39.6 Å². The summed E-state index contributed by atoms with van der Waals surface area (Å²) >= 11 is 1.31. The van der Waals surface area contributed by atoms with E-state index in [1.54, 1.807) is 24.7 Å². The molecule has 0 aliphatic heterocycles. The SMILES string of the molecule is CCOC(=O)Cn1/c(=N/N=C/c2ccc([N+](=O)[O-])o2)sc2cc(OC)ccc21. The predicted octanol–water partition coefficient (Wildman–Crippen LogP) is 2.71. The second-order valence-corrected chi connectivity index (χ2v) is 6.40. The highest BCUT2D eigenvalue weighted by atomic mass is 32.1. The van der Waals surface area contributed by atoms with E-state index in [0.717, 1.165) is 10.2 Å². The smallest absolute Gasteiger partial charge is 0.433 e. The number of furan rings is 1. The molecule has 0 N–H and O–H groups in total. The number of carbonyl (C=O) groups excluding carboxylic acids is 1. The number of ether oxygens (including phenoxy) is 2. The lowest BCUT2D eigenvalue weighted by atomic mass is 10.3. The largest absolute Gasteiger partial charge is 0.497 e. The maximum Gasteiger partial charge on any atom is 0.433 e. The van der Waals surface area contributed by atoms with Crippen LogP contribution in [0.1, 0.15) is 12.7 Å². The molecule has 0 spiro atoms. The Morgan fingerprint density at radius 1 is 1.39 bits per heavy atom. The molecule has 0 fully saturated rings. The lowest BCUT2D eigenvalue weighted by Crippen LogP contribution is -2.21. The van der Waals surface area contributed by atoms with E-state index < -0.39 is 10.9 Å². The number of methoxy groups -OCH3 is 1. The van der Waals surface area contributed by atoms with Crippen LogP contribution in [0.2, 0.25) is 0 Å². The molecule has 3 rings (SSSR count). The molecule has 0 saturated carbocycles. The van der Waals surface area contributed by atoms with Crippen molar-refractivity contribution in [1.82, 2.24) is 4.57 Å². The number of benzene rings is 1. The van der Waals surface area contributed by atoms with Crippen molar-refractivity contribution in [1.29, 1.82) is 0 Å². The van der Waals surface area contributed by atoms with E-state index in [9.17, 15) is 14.9 Å². The third-order valence-corrected chi connectivity index (χ3v) is 4.63. The summed E-state index contributed by atoms with van der Waals surface area (Å²) in [7, 11) is 1.57. The number of fused-ring (bicyclic) bond motifs is 1. The van der Waals surface area contributed by atoms with E-state index in [1.165, 1.54) is 29.7 Å². The summed E-state index contributed by atoms with van der Waals surface area (Å²) in [6, 6.07) is 8.09. The van der Waals surface area contributed by atoms with Gasteiger partial charge in [-0.25, -0.2) is 0 Å². The van der Waals surface area contributed by atoms with Gasteiger partial charge in [0.15, 0.2) is 5.76 Å². The van der Waals surface area contributed by atoms with E-state index in [1.807, 2.05) is 12.1 Å². The van der Waals surface area contributed by atoms with Crippen molar-refractivity contribution in [2.45, 2.75) is 13.5 Å². The molecule has 0 amide bonds. The van der Waals surface area contributed by atoms with Crippen LogP contribution >= 0.6 is 11.3 Å². The van der Waals surface area contributed by atoms with Crippen molar-refractivity contribution in [3.8, 4) is 5.75 Å². The number of hydrogen-bond donors (Lipinski definition) is 0. The maximum absolute atomic E-state index is 12.0. The average Bonchev–Trinajstić information content (AvgIpc) is 3.27. The molecule has 3 aromatic rings. The highest BCUT2D eigenvalue weighted by molar-refractivity contribution is 7.16. The first-order chi connectivity index (χ1) is 13.5. The van der Waals surface area contributed by atoms with Crippen molar-refractivity contribution in [2.24, 2.45) is 10.2 Å². The quantitative estimate of drug-likeness (QED) is 0.258. The molecule has 0 aliphatic rings. The van der Waals surface area contributed by atoms with Gasteiger partial charge in [-0.15, -0.1) is 5.10 Å². The Hall–Kier alpha value is -3.47. The zero-order valence-corrected chi connectivity index (χ0v) is 15.8. The molecule has 0 unspecified atom stereocenters. The topological polar surface area (TPSA) is 121 Å². The van der Waals surface area contributed by atoms with Crippen LogP contribution in [-0.2, 0) is 16.1 Å². The highest BCUT2D eigenvalue weighted by Gasteiger charge is 2.12. The van der Waals surface area contributed by atoms with Gasteiger partial charge in [0.05, 0.1) is 36.2 Å². The van der Waals surface area contributed by atoms with Gasteiger partial charge < -0.3 is 18.5 Å². The fraction of sp³-hybridized carbons (Fsp3) is 0.235. The van der Waals surface area contributed by atoms with Gasteiger partial charge in [0.1, 0.15) is 17.2 Å². The van der Waals surface area contributed by atoms with Crippen LogP contribution in [0.15, 0.2) is 45.0 Å². The summed E-state index contributed by atoms with van der Waals surface area (Å²) in [5, 5.41) is 18.7. The summed E-state index contributed by atoms with van der Waals surface area (Å²) in [6.45, 7) is 1.98. The van der Waals surface area contributed by atoms with Gasteiger partial charge in [-0.3, -0.25) is 14.9 Å². The predicted molar refractivity (Wildman–Crippen MR) is 102 cm³/mol. The van der Waals surface area contributed by atoms with Gasteiger partial charge in [0.2, 0.25) is 4.80 Å². The molecule has 2 heterocycles. The molecule has 0 radical (unpaired) electrons. The minimum atomic E-state index is -0.638. The van der Waals surface area contributed by atoms with Crippen molar-refractivity contribution in [3.05, 3.63) is 51.0 Å².